The Morgan fingerprint density at radius 2 is 2.17 bits per heavy atom. The van der Waals surface area contributed by atoms with Crippen LogP contribution in [0.2, 0.25) is 0 Å². The molecule has 0 saturated heterocycles. The fourth-order valence-corrected chi connectivity index (χ4v) is 1.39. The molecule has 0 saturated carbocycles. The summed E-state index contributed by atoms with van der Waals surface area (Å²) in [5.41, 5.74) is 0. The van der Waals surface area contributed by atoms with Gasteiger partial charge in [0.1, 0.15) is 0 Å². The molecule has 2 rings (SSSR count). The van der Waals surface area contributed by atoms with Gasteiger partial charge in [0, 0.05) is 19.2 Å². The van der Waals surface area contributed by atoms with Crippen LogP contribution in [0.1, 0.15) is 6.92 Å². The van der Waals surface area contributed by atoms with Crippen LogP contribution in [0.4, 0.5) is 11.6 Å². The smallest absolute Gasteiger partial charge is 0.247 e. The number of carbonyl (C=O) groups is 1. The quantitative estimate of drug-likeness (QED) is 0.605. The van der Waals surface area contributed by atoms with Crippen molar-refractivity contribution in [3.05, 3.63) is 48.8 Å². The number of H-pyrrole nitrogens is 1. The van der Waals surface area contributed by atoms with Crippen molar-refractivity contribution >= 4 is 23.9 Å². The van der Waals surface area contributed by atoms with E-state index >= 15 is 0 Å². The molecule has 0 fully saturated rings. The van der Waals surface area contributed by atoms with Gasteiger partial charge in [-0.3, -0.25) is 0 Å². The Labute approximate surface area is 105 Å². The van der Waals surface area contributed by atoms with Crippen LogP contribution in [0.15, 0.2) is 53.8 Å². The maximum atomic E-state index is 11.6. The van der Waals surface area contributed by atoms with Crippen LogP contribution in [0.25, 0.3) is 0 Å². The highest BCUT2D eigenvalue weighted by Crippen LogP contribution is 2.07. The van der Waals surface area contributed by atoms with Crippen molar-refractivity contribution in [2.45, 2.75) is 6.92 Å². The summed E-state index contributed by atoms with van der Waals surface area (Å²) in [7, 11) is 0. The fraction of sp³-hybridized carbons (Fsp3) is 0.0769. The van der Waals surface area contributed by atoms with Gasteiger partial charge in [0.2, 0.25) is 0 Å². The summed E-state index contributed by atoms with van der Waals surface area (Å²) in [6, 6.07) is 10.9. The standard InChI is InChI=1S/C13H12N4O/c1-11(18)17(13-7-3-5-9-15-13)10-16-12-6-2-4-8-14-12/h2-10H,1H3/p+1/b16-10+. The second kappa shape index (κ2) is 5.67. The van der Waals surface area contributed by atoms with Crippen molar-refractivity contribution in [2.24, 2.45) is 4.99 Å². The van der Waals surface area contributed by atoms with Crippen molar-refractivity contribution in [2.75, 3.05) is 4.90 Å². The van der Waals surface area contributed by atoms with Crippen LogP contribution in [0, 0.1) is 0 Å². The van der Waals surface area contributed by atoms with E-state index in [9.17, 15) is 4.79 Å². The molecular weight excluding hydrogens is 228 g/mol. The minimum absolute atomic E-state index is 0.128. The molecule has 1 N–H and O–H groups in total. The first kappa shape index (κ1) is 11.9. The summed E-state index contributed by atoms with van der Waals surface area (Å²) < 4.78 is 0. The normalized spacial score (nSPS) is 10.5. The Kier molecular flexibility index (Phi) is 3.76. The van der Waals surface area contributed by atoms with Gasteiger partial charge in [-0.15, -0.1) is 0 Å². The number of aromatic nitrogens is 2. The first-order valence-corrected chi connectivity index (χ1v) is 5.49. The van der Waals surface area contributed by atoms with Crippen molar-refractivity contribution in [3.8, 4) is 0 Å². The van der Waals surface area contributed by atoms with Crippen LogP contribution < -0.4 is 9.88 Å². The van der Waals surface area contributed by atoms with E-state index in [1.165, 1.54) is 18.2 Å². The monoisotopic (exact) mass is 241 g/mol. The molecule has 0 aromatic carbocycles. The van der Waals surface area contributed by atoms with Gasteiger partial charge >= 0.3 is 5.91 Å². The number of hydrogen-bond acceptors (Lipinski definition) is 3. The summed E-state index contributed by atoms with van der Waals surface area (Å²) in [5.74, 6) is 1.08. The van der Waals surface area contributed by atoms with E-state index in [1.54, 1.807) is 24.5 Å². The van der Waals surface area contributed by atoms with E-state index in [4.69, 9.17) is 0 Å². The first-order valence-electron chi connectivity index (χ1n) is 5.49. The van der Waals surface area contributed by atoms with Gasteiger partial charge in [-0.25, -0.2) is 14.8 Å². The highest BCUT2D eigenvalue weighted by molar-refractivity contribution is 6.06. The Morgan fingerprint density at radius 3 is 2.78 bits per heavy atom. The number of anilines is 1. The highest BCUT2D eigenvalue weighted by Gasteiger charge is 2.17. The zero-order chi connectivity index (χ0) is 12.8. The van der Waals surface area contributed by atoms with Gasteiger partial charge in [-0.05, 0) is 18.2 Å². The van der Waals surface area contributed by atoms with Crippen molar-refractivity contribution in [1.82, 2.24) is 4.98 Å². The molecule has 0 bridgehead atoms. The first-order chi connectivity index (χ1) is 8.77. The molecule has 5 heteroatoms. The average Bonchev–Trinajstić information content (AvgIpc) is 2.41. The molecule has 2 aromatic rings. The third-order valence-electron chi connectivity index (χ3n) is 2.25. The third-order valence-corrected chi connectivity index (χ3v) is 2.25. The zero-order valence-corrected chi connectivity index (χ0v) is 9.95. The van der Waals surface area contributed by atoms with E-state index in [0.717, 1.165) is 0 Å². The van der Waals surface area contributed by atoms with E-state index in [2.05, 4.69) is 15.0 Å². The van der Waals surface area contributed by atoms with E-state index in [0.29, 0.717) is 11.6 Å². The number of carbonyl (C=O) groups excluding carboxylic acids is 1. The lowest BCUT2D eigenvalue weighted by atomic mass is 10.4. The van der Waals surface area contributed by atoms with E-state index in [-0.39, 0.29) is 5.91 Å². The lowest BCUT2D eigenvalue weighted by molar-refractivity contribution is -0.362. The molecule has 1 amide bonds. The molecule has 0 radical (unpaired) electrons. The van der Waals surface area contributed by atoms with Crippen molar-refractivity contribution in [1.29, 1.82) is 0 Å². The number of aromatic amines is 1. The highest BCUT2D eigenvalue weighted by atomic mass is 16.2. The number of hydrogen-bond donors (Lipinski definition) is 0. The van der Waals surface area contributed by atoms with E-state index in [1.807, 2.05) is 24.3 Å². The lowest BCUT2D eigenvalue weighted by Gasteiger charge is -2.05. The van der Waals surface area contributed by atoms with Crippen LogP contribution in [-0.2, 0) is 4.79 Å². The van der Waals surface area contributed by atoms with Crippen LogP contribution in [-0.4, -0.2) is 17.2 Å². The Bertz CT molecular complexity index is 539. The second-order valence-corrected chi connectivity index (χ2v) is 3.57. The molecule has 0 aliphatic heterocycles. The molecule has 2 aromatic heterocycles. The Hall–Kier alpha value is -2.56. The molecule has 0 aliphatic rings. The predicted octanol–water partition coefficient (Wildman–Crippen LogP) is 1.61. The lowest BCUT2D eigenvalue weighted by Crippen LogP contribution is -2.31. The maximum absolute atomic E-state index is 11.6. The number of aliphatic imine (C=N–C) groups is 1. The summed E-state index contributed by atoms with van der Waals surface area (Å²) in [6.07, 6.45) is 4.86. The minimum Gasteiger partial charge on any atom is -0.247 e. The molecule has 90 valence electrons. The van der Waals surface area contributed by atoms with E-state index < -0.39 is 0 Å². The maximum Gasteiger partial charge on any atom is 0.312 e. The fourth-order valence-electron chi connectivity index (χ4n) is 1.39. The molecule has 18 heavy (non-hydrogen) atoms. The van der Waals surface area contributed by atoms with Crippen LogP contribution in [0.3, 0.4) is 0 Å². The number of nitrogens with one attached hydrogen (secondary N) is 1. The molecule has 0 spiro atoms. The Morgan fingerprint density at radius 1 is 1.33 bits per heavy atom. The minimum atomic E-state index is -0.128. The van der Waals surface area contributed by atoms with Crippen LogP contribution >= 0.6 is 0 Å². The van der Waals surface area contributed by atoms with Gasteiger partial charge < -0.3 is 0 Å². The SMILES string of the molecule is CC(=O)N(/C=N/c1ccccn1)c1cccc[nH+]1. The molecule has 5 nitrogen and oxygen atoms in total. The van der Waals surface area contributed by atoms with Gasteiger partial charge in [0.05, 0.1) is 6.20 Å². The number of pyridine rings is 2. The largest absolute Gasteiger partial charge is 0.312 e. The summed E-state index contributed by atoms with van der Waals surface area (Å²) in [5, 5.41) is 0. The van der Waals surface area contributed by atoms with Crippen molar-refractivity contribution < 1.29 is 9.78 Å². The van der Waals surface area contributed by atoms with Gasteiger partial charge in [-0.2, -0.15) is 9.89 Å². The topological polar surface area (TPSA) is 59.7 Å². The summed E-state index contributed by atoms with van der Waals surface area (Å²) in [6.45, 7) is 1.48. The van der Waals surface area contributed by atoms with Gasteiger partial charge in [-0.1, -0.05) is 12.1 Å². The summed E-state index contributed by atoms with van der Waals surface area (Å²) >= 11 is 0. The third kappa shape index (κ3) is 2.98. The van der Waals surface area contributed by atoms with Gasteiger partial charge in [0.25, 0.3) is 5.82 Å². The number of amides is 1. The Balaban J connectivity index is 2.23. The zero-order valence-electron chi connectivity index (χ0n) is 9.95. The van der Waals surface area contributed by atoms with Gasteiger partial charge in [0.15, 0.2) is 12.2 Å². The van der Waals surface area contributed by atoms with Crippen molar-refractivity contribution in [3.63, 3.8) is 0 Å². The second-order valence-electron chi connectivity index (χ2n) is 3.57. The average molecular weight is 241 g/mol. The molecule has 2 heterocycles. The molecule has 0 atom stereocenters. The summed E-state index contributed by atoms with van der Waals surface area (Å²) in [4.78, 5) is 24.2. The van der Waals surface area contributed by atoms with Crippen LogP contribution in [0.5, 0.6) is 0 Å². The molecular formula is C13H13N4O+. The molecule has 0 unspecified atom stereocenters. The number of rotatable bonds is 3. The predicted molar refractivity (Wildman–Crippen MR) is 68.5 cm³/mol. The number of nitrogens with zero attached hydrogens (tertiary/aromatic N) is 3. The molecule has 0 aliphatic carbocycles.